The van der Waals surface area contributed by atoms with Gasteiger partial charge in [0.05, 0.1) is 12.7 Å². The van der Waals surface area contributed by atoms with Gasteiger partial charge in [0.1, 0.15) is 12.3 Å². The number of esters is 2. The summed E-state index contributed by atoms with van der Waals surface area (Å²) in [6, 6.07) is 6.52. The van der Waals surface area contributed by atoms with Crippen LogP contribution in [0.2, 0.25) is 0 Å². The lowest BCUT2D eigenvalue weighted by molar-refractivity contribution is -0.141. The predicted octanol–water partition coefficient (Wildman–Crippen LogP) is 0.425. The number of hydrazine groups is 1. The lowest BCUT2D eigenvalue weighted by atomic mass is 10.1. The summed E-state index contributed by atoms with van der Waals surface area (Å²) in [7, 11) is 1.31. The third kappa shape index (κ3) is 3.82. The van der Waals surface area contributed by atoms with Crippen LogP contribution in [0.3, 0.4) is 0 Å². The van der Waals surface area contributed by atoms with Gasteiger partial charge in [0.2, 0.25) is 5.91 Å². The van der Waals surface area contributed by atoms with E-state index in [-0.39, 0.29) is 24.6 Å². The molecule has 1 aliphatic heterocycles. The molecular weight excluding hydrogens is 276 g/mol. The Kier molecular flexibility index (Phi) is 4.55. The molecule has 0 aliphatic carbocycles. The molecule has 1 aromatic rings. The average Bonchev–Trinajstić information content (AvgIpc) is 2.53. The van der Waals surface area contributed by atoms with E-state index >= 15 is 0 Å². The van der Waals surface area contributed by atoms with Crippen LogP contribution in [0.25, 0.3) is 0 Å². The lowest BCUT2D eigenvalue weighted by Crippen LogP contribution is -2.42. The SMILES string of the molecule is COC(=O)c1ccc(COC(=O)C2=CCC(=O)NN2)cc1. The first-order valence-electron chi connectivity index (χ1n) is 6.19. The van der Waals surface area contributed by atoms with Gasteiger partial charge in [-0.25, -0.2) is 9.59 Å². The molecule has 0 fully saturated rings. The van der Waals surface area contributed by atoms with Crippen LogP contribution >= 0.6 is 0 Å². The van der Waals surface area contributed by atoms with Gasteiger partial charge >= 0.3 is 11.9 Å². The van der Waals surface area contributed by atoms with Crippen molar-refractivity contribution < 1.29 is 23.9 Å². The van der Waals surface area contributed by atoms with E-state index in [4.69, 9.17) is 4.74 Å². The van der Waals surface area contributed by atoms with Crippen molar-refractivity contribution in [1.82, 2.24) is 10.9 Å². The number of ether oxygens (including phenoxy) is 2. The van der Waals surface area contributed by atoms with E-state index in [1.165, 1.54) is 13.2 Å². The highest BCUT2D eigenvalue weighted by Crippen LogP contribution is 2.08. The second-order valence-corrected chi connectivity index (χ2v) is 4.26. The Hall–Kier alpha value is -2.83. The summed E-state index contributed by atoms with van der Waals surface area (Å²) in [4.78, 5) is 33.9. The number of amides is 1. The zero-order valence-corrected chi connectivity index (χ0v) is 11.3. The van der Waals surface area contributed by atoms with Crippen molar-refractivity contribution >= 4 is 17.8 Å². The van der Waals surface area contributed by atoms with Crippen LogP contribution in [0.5, 0.6) is 0 Å². The minimum Gasteiger partial charge on any atom is -0.465 e. The maximum atomic E-state index is 11.7. The van der Waals surface area contributed by atoms with Crippen LogP contribution in [-0.4, -0.2) is 25.0 Å². The first-order valence-corrected chi connectivity index (χ1v) is 6.19. The first-order chi connectivity index (χ1) is 10.1. The Morgan fingerprint density at radius 3 is 2.43 bits per heavy atom. The van der Waals surface area contributed by atoms with Crippen LogP contribution in [0.4, 0.5) is 0 Å². The minimum absolute atomic E-state index is 0.0628. The Labute approximate surface area is 120 Å². The third-order valence-corrected chi connectivity index (χ3v) is 2.79. The predicted molar refractivity (Wildman–Crippen MR) is 71.6 cm³/mol. The van der Waals surface area contributed by atoms with Gasteiger partial charge in [0.15, 0.2) is 0 Å². The molecule has 1 amide bonds. The van der Waals surface area contributed by atoms with Crippen molar-refractivity contribution in [3.05, 3.63) is 47.2 Å². The molecule has 0 spiro atoms. The molecule has 0 saturated heterocycles. The van der Waals surface area contributed by atoms with Crippen molar-refractivity contribution in [3.63, 3.8) is 0 Å². The summed E-state index contributed by atoms with van der Waals surface area (Å²) >= 11 is 0. The van der Waals surface area contributed by atoms with Gasteiger partial charge in [-0.15, -0.1) is 0 Å². The fourth-order valence-corrected chi connectivity index (χ4v) is 1.65. The number of carbonyl (C=O) groups excluding carboxylic acids is 3. The molecule has 7 nitrogen and oxygen atoms in total. The highest BCUT2D eigenvalue weighted by molar-refractivity contribution is 5.91. The molecule has 7 heteroatoms. The quantitative estimate of drug-likeness (QED) is 0.781. The second-order valence-electron chi connectivity index (χ2n) is 4.26. The van der Waals surface area contributed by atoms with Crippen LogP contribution < -0.4 is 10.9 Å². The van der Waals surface area contributed by atoms with Gasteiger partial charge < -0.3 is 9.47 Å². The molecule has 0 unspecified atom stereocenters. The molecule has 0 radical (unpaired) electrons. The molecule has 1 aliphatic rings. The molecule has 2 rings (SSSR count). The fraction of sp³-hybridized carbons (Fsp3) is 0.214. The number of nitrogens with one attached hydrogen (secondary N) is 2. The number of carbonyl (C=O) groups is 3. The molecule has 2 N–H and O–H groups in total. The molecule has 0 aromatic heterocycles. The van der Waals surface area contributed by atoms with Gasteiger partial charge in [0, 0.05) is 6.42 Å². The normalized spacial score (nSPS) is 13.6. The van der Waals surface area contributed by atoms with Crippen molar-refractivity contribution in [1.29, 1.82) is 0 Å². The van der Waals surface area contributed by atoms with Crippen LogP contribution in [0, 0.1) is 0 Å². The van der Waals surface area contributed by atoms with Crippen molar-refractivity contribution in [2.24, 2.45) is 0 Å². The summed E-state index contributed by atoms with van der Waals surface area (Å²) in [5, 5.41) is 0. The van der Waals surface area contributed by atoms with E-state index in [9.17, 15) is 14.4 Å². The van der Waals surface area contributed by atoms with E-state index in [1.54, 1.807) is 24.3 Å². The van der Waals surface area contributed by atoms with E-state index < -0.39 is 11.9 Å². The zero-order valence-electron chi connectivity index (χ0n) is 11.3. The summed E-state index contributed by atoms with van der Waals surface area (Å²) in [5.74, 6) is -1.21. The van der Waals surface area contributed by atoms with Crippen LogP contribution in [0.15, 0.2) is 36.0 Å². The molecule has 110 valence electrons. The maximum Gasteiger partial charge on any atom is 0.356 e. The Morgan fingerprint density at radius 2 is 1.86 bits per heavy atom. The fourth-order valence-electron chi connectivity index (χ4n) is 1.65. The van der Waals surface area contributed by atoms with E-state index in [0.29, 0.717) is 5.56 Å². The third-order valence-electron chi connectivity index (χ3n) is 2.79. The summed E-state index contributed by atoms with van der Waals surface area (Å²) in [6.07, 6.45) is 1.59. The molecule has 0 saturated carbocycles. The molecule has 0 bridgehead atoms. The van der Waals surface area contributed by atoms with Crippen molar-refractivity contribution in [3.8, 4) is 0 Å². The second kappa shape index (κ2) is 6.56. The van der Waals surface area contributed by atoms with Crippen molar-refractivity contribution in [2.75, 3.05) is 7.11 Å². The number of rotatable bonds is 4. The monoisotopic (exact) mass is 290 g/mol. The standard InChI is InChI=1S/C14H14N2O5/c1-20-13(18)10-4-2-9(3-5-10)8-21-14(19)11-6-7-12(17)16-15-11/h2-6,15H,7-8H2,1H3,(H,16,17). The minimum atomic E-state index is -0.563. The number of methoxy groups -OCH3 is 1. The molecule has 0 atom stereocenters. The summed E-state index contributed by atoms with van der Waals surface area (Å²) in [5.41, 5.74) is 6.14. The van der Waals surface area contributed by atoms with Crippen molar-refractivity contribution in [2.45, 2.75) is 13.0 Å². The van der Waals surface area contributed by atoms with E-state index in [2.05, 4.69) is 15.6 Å². The highest BCUT2D eigenvalue weighted by atomic mass is 16.5. The number of hydrogen-bond acceptors (Lipinski definition) is 6. The zero-order chi connectivity index (χ0) is 15.2. The largest absolute Gasteiger partial charge is 0.465 e. The van der Waals surface area contributed by atoms with Gasteiger partial charge in [-0.3, -0.25) is 15.6 Å². The molecular formula is C14H14N2O5. The Bertz CT molecular complexity index is 592. The van der Waals surface area contributed by atoms with Gasteiger partial charge in [-0.05, 0) is 23.8 Å². The number of hydrogen-bond donors (Lipinski definition) is 2. The smallest absolute Gasteiger partial charge is 0.356 e. The Morgan fingerprint density at radius 1 is 1.14 bits per heavy atom. The van der Waals surface area contributed by atoms with Gasteiger partial charge in [0.25, 0.3) is 0 Å². The van der Waals surface area contributed by atoms with Gasteiger partial charge in [-0.1, -0.05) is 12.1 Å². The molecule has 21 heavy (non-hydrogen) atoms. The van der Waals surface area contributed by atoms with Gasteiger partial charge in [-0.2, -0.15) is 0 Å². The highest BCUT2D eigenvalue weighted by Gasteiger charge is 2.16. The van der Waals surface area contributed by atoms with Crippen LogP contribution in [-0.2, 0) is 25.7 Å². The topological polar surface area (TPSA) is 93.7 Å². The number of benzene rings is 1. The Balaban J connectivity index is 1.89. The summed E-state index contributed by atoms with van der Waals surface area (Å²) in [6.45, 7) is 0.0628. The maximum absolute atomic E-state index is 11.7. The lowest BCUT2D eigenvalue weighted by Gasteiger charge is -2.15. The summed E-state index contributed by atoms with van der Waals surface area (Å²) < 4.78 is 9.68. The van der Waals surface area contributed by atoms with E-state index in [1.807, 2.05) is 0 Å². The molecule has 1 aromatic carbocycles. The van der Waals surface area contributed by atoms with E-state index in [0.717, 1.165) is 5.56 Å². The first kappa shape index (κ1) is 14.6. The average molecular weight is 290 g/mol. The molecule has 1 heterocycles. The van der Waals surface area contributed by atoms with Crippen LogP contribution in [0.1, 0.15) is 22.3 Å².